The van der Waals surface area contributed by atoms with Crippen LogP contribution in [-0.4, -0.2) is 143 Å². The van der Waals surface area contributed by atoms with Crippen molar-refractivity contribution in [1.82, 2.24) is 4.90 Å². The van der Waals surface area contributed by atoms with Gasteiger partial charge in [-0.15, -0.1) is 0 Å². The van der Waals surface area contributed by atoms with E-state index in [9.17, 15) is 44.4 Å². The van der Waals surface area contributed by atoms with Gasteiger partial charge in [-0.1, -0.05) is 64.2 Å². The molecule has 15 atom stereocenters. The van der Waals surface area contributed by atoms with E-state index in [0.29, 0.717) is 50.5 Å². The number of ether oxygens (including phenoxy) is 5. The van der Waals surface area contributed by atoms with Crippen LogP contribution in [0.15, 0.2) is 47.6 Å². The Bertz CT molecular complexity index is 1800. The van der Waals surface area contributed by atoms with Gasteiger partial charge in [0.2, 0.25) is 0 Å². The number of hydrogen-bond acceptors (Lipinski definition) is 14. The molecule has 1 amide bonds. The molecule has 2 saturated heterocycles. The standard InChI is InChI=1S/C51H79NO14/c1-30-16-12-11-13-17-31(2)41(62-8)28-37-21-22-50(7,60)51(61,66-37)47(57)48(58)52-23-15-14-18-38(52)49(59)65-42(33(4)26-36-19-20-39(53)43(27-36)63-9)29-40(54)32(3)25-35(6)45(56)46(64-10)44(55)34(5)24-30/h11-13,16-17,25,30,32-34,36-39,41-43,45-46,53,56,60-61H,14-15,18-24,26-29H2,1-10H3/b13-11?,16-12-,31-17?,35-25-/t30-,32+,33+,34+,36-,37-,38-,39+,41+,42-,43+,45+,46-,50-,51-/m0/s1. The summed E-state index contributed by atoms with van der Waals surface area (Å²) in [5.41, 5.74) is -0.963. The van der Waals surface area contributed by atoms with E-state index < -0.39 is 83.5 Å². The van der Waals surface area contributed by atoms with Gasteiger partial charge in [0, 0.05) is 52.6 Å². The molecule has 15 nitrogen and oxygen atoms in total. The fourth-order valence-electron chi connectivity index (χ4n) is 10.1. The molecule has 3 fully saturated rings. The Kier molecular flexibility index (Phi) is 20.7. The first-order valence-corrected chi connectivity index (χ1v) is 24.0. The minimum Gasteiger partial charge on any atom is -0.460 e. The topological polar surface area (TPSA) is 216 Å². The van der Waals surface area contributed by atoms with Gasteiger partial charge in [-0.05, 0) is 114 Å². The molecule has 0 spiro atoms. The van der Waals surface area contributed by atoms with Gasteiger partial charge >= 0.3 is 5.97 Å². The summed E-state index contributed by atoms with van der Waals surface area (Å²) in [5.74, 6) is -8.43. The zero-order valence-electron chi connectivity index (χ0n) is 41.0. The highest BCUT2D eigenvalue weighted by molar-refractivity contribution is 6.39. The number of aliphatic hydroxyl groups excluding tert-OH is 2. The van der Waals surface area contributed by atoms with Gasteiger partial charge in [-0.2, -0.15) is 0 Å². The number of ketones is 3. The van der Waals surface area contributed by atoms with Crippen LogP contribution in [0.3, 0.4) is 0 Å². The number of Topliss-reactive ketones (excluding diaryl/α,β-unsaturated/α-hetero) is 3. The Balaban J connectivity index is 1.72. The van der Waals surface area contributed by atoms with Crippen LogP contribution in [0, 0.1) is 29.6 Å². The molecule has 3 aliphatic heterocycles. The number of amides is 1. The molecule has 0 aromatic carbocycles. The van der Waals surface area contributed by atoms with Gasteiger partial charge in [0.25, 0.3) is 17.5 Å². The first-order chi connectivity index (χ1) is 31.1. The smallest absolute Gasteiger partial charge is 0.329 e. The summed E-state index contributed by atoms with van der Waals surface area (Å²) in [6.45, 7) is 12.1. The number of allylic oxidation sites excluding steroid dienone is 6. The van der Waals surface area contributed by atoms with Crippen molar-refractivity contribution in [2.24, 2.45) is 29.6 Å². The van der Waals surface area contributed by atoms with Crippen LogP contribution in [0.1, 0.15) is 126 Å². The minimum absolute atomic E-state index is 0.00150. The largest absolute Gasteiger partial charge is 0.460 e. The maximum Gasteiger partial charge on any atom is 0.329 e. The average molecular weight is 930 g/mol. The van der Waals surface area contributed by atoms with E-state index in [1.165, 1.54) is 21.1 Å². The fraction of sp³-hybridized carbons (Fsp3) is 0.745. The number of methoxy groups -OCH3 is 3. The van der Waals surface area contributed by atoms with Crippen molar-refractivity contribution in [3.63, 3.8) is 0 Å². The summed E-state index contributed by atoms with van der Waals surface area (Å²) in [7, 11) is 4.45. The van der Waals surface area contributed by atoms with Crippen molar-refractivity contribution in [3.05, 3.63) is 47.6 Å². The van der Waals surface area contributed by atoms with Crippen LogP contribution in [0.2, 0.25) is 0 Å². The van der Waals surface area contributed by atoms with E-state index in [4.69, 9.17) is 23.7 Å². The number of nitrogens with zero attached hydrogens (tertiary/aromatic N) is 1. The van der Waals surface area contributed by atoms with Gasteiger partial charge in [-0.3, -0.25) is 19.2 Å². The second-order valence-electron chi connectivity index (χ2n) is 19.9. The lowest BCUT2D eigenvalue weighted by Crippen LogP contribution is -2.67. The molecule has 4 aliphatic rings. The van der Waals surface area contributed by atoms with Crippen molar-refractivity contribution >= 4 is 29.2 Å². The van der Waals surface area contributed by atoms with Crippen molar-refractivity contribution < 1.29 is 68.1 Å². The number of rotatable bonds is 6. The van der Waals surface area contributed by atoms with Gasteiger partial charge in [-0.25, -0.2) is 4.79 Å². The SMILES string of the molecule is CO[C@@H]1C[C@@H]2CC[C@](C)(O)[C@@](O)(O2)C(=O)C(=O)N2CCCC[C@H]2C(=O)O[C@H]([C@H](C)C[C@@H]2CC[C@@H](O)[C@H](OC)C2)CC(=O)[C@H](C)/C=C(/C)[C@@H](O)[C@@H](OC)C(=O)[C@H](C)C[C@@H](C)/C=C\C=CC=C1C. The lowest BCUT2D eigenvalue weighted by molar-refractivity contribution is -0.315. The predicted molar refractivity (Wildman–Crippen MR) is 247 cm³/mol. The summed E-state index contributed by atoms with van der Waals surface area (Å²) in [6.07, 6.45) is 9.39. The second-order valence-corrected chi connectivity index (χ2v) is 19.9. The van der Waals surface area contributed by atoms with Crippen LogP contribution in [0.5, 0.6) is 0 Å². The monoisotopic (exact) mass is 930 g/mol. The number of carbonyl (C=O) groups excluding carboxylic acids is 5. The van der Waals surface area contributed by atoms with Gasteiger partial charge < -0.3 is 49.0 Å². The Morgan fingerprint density at radius 1 is 0.864 bits per heavy atom. The molecule has 1 saturated carbocycles. The van der Waals surface area contributed by atoms with E-state index in [1.807, 2.05) is 51.2 Å². The van der Waals surface area contributed by atoms with E-state index in [1.54, 1.807) is 34.0 Å². The normalized spacial score (nSPS) is 39.8. The van der Waals surface area contributed by atoms with Crippen LogP contribution in [0.4, 0.5) is 0 Å². The molecular weight excluding hydrogens is 851 g/mol. The maximum absolute atomic E-state index is 14.4. The highest BCUT2D eigenvalue weighted by Crippen LogP contribution is 2.40. The molecule has 1 aliphatic carbocycles. The first-order valence-electron chi connectivity index (χ1n) is 24.0. The van der Waals surface area contributed by atoms with Crippen LogP contribution in [0.25, 0.3) is 0 Å². The highest BCUT2D eigenvalue weighted by atomic mass is 16.7. The van der Waals surface area contributed by atoms with Gasteiger partial charge in [0.05, 0.1) is 24.4 Å². The summed E-state index contributed by atoms with van der Waals surface area (Å²) in [5, 5.41) is 45.3. The summed E-state index contributed by atoms with van der Waals surface area (Å²) in [6, 6.07) is -1.23. The zero-order valence-corrected chi connectivity index (χ0v) is 41.0. The van der Waals surface area contributed by atoms with E-state index >= 15 is 0 Å². The molecule has 0 aromatic heterocycles. The number of esters is 1. The molecule has 4 rings (SSSR count). The van der Waals surface area contributed by atoms with E-state index in [0.717, 1.165) is 10.5 Å². The summed E-state index contributed by atoms with van der Waals surface area (Å²) in [4.78, 5) is 71.8. The molecular formula is C51H79NO14. The molecule has 15 heteroatoms. The number of piperidine rings is 1. The molecule has 3 heterocycles. The van der Waals surface area contributed by atoms with Crippen molar-refractivity contribution in [2.75, 3.05) is 27.9 Å². The lowest BCUT2D eigenvalue weighted by Gasteiger charge is -2.47. The maximum atomic E-state index is 14.4. The molecule has 0 unspecified atom stereocenters. The highest BCUT2D eigenvalue weighted by Gasteiger charge is 2.60. The van der Waals surface area contributed by atoms with Crippen molar-refractivity contribution in [3.8, 4) is 0 Å². The predicted octanol–water partition coefficient (Wildman–Crippen LogP) is 5.30. The molecule has 4 N–H and O–H groups in total. The quantitative estimate of drug-likeness (QED) is 0.151. The molecule has 0 aromatic rings. The molecule has 2 bridgehead atoms. The number of fused-ring (bicyclic) bond motifs is 3. The molecule has 0 radical (unpaired) electrons. The number of aliphatic hydroxyl groups is 4. The zero-order chi connectivity index (χ0) is 49.1. The van der Waals surface area contributed by atoms with Gasteiger partial charge in [0.1, 0.15) is 35.7 Å². The summed E-state index contributed by atoms with van der Waals surface area (Å²) >= 11 is 0. The average Bonchev–Trinajstić information content (AvgIpc) is 3.28. The number of cyclic esters (lactones) is 1. The Hall–Kier alpha value is -3.41. The van der Waals surface area contributed by atoms with Crippen molar-refractivity contribution in [2.45, 2.75) is 186 Å². The third-order valence-corrected chi connectivity index (χ3v) is 14.5. The molecule has 66 heavy (non-hydrogen) atoms. The Labute approximate surface area is 392 Å². The number of carbonyl (C=O) groups is 5. The first kappa shape index (κ1) is 55.2. The lowest BCUT2D eigenvalue weighted by atomic mass is 9.78. The fourth-order valence-corrected chi connectivity index (χ4v) is 10.1. The molecule has 372 valence electrons. The minimum atomic E-state index is -2.94. The summed E-state index contributed by atoms with van der Waals surface area (Å²) < 4.78 is 29.1. The third kappa shape index (κ3) is 13.9. The number of hydrogen-bond donors (Lipinski definition) is 4. The Morgan fingerprint density at radius 2 is 1.58 bits per heavy atom. The van der Waals surface area contributed by atoms with Crippen molar-refractivity contribution in [1.29, 1.82) is 0 Å². The van der Waals surface area contributed by atoms with E-state index in [-0.39, 0.29) is 74.1 Å². The third-order valence-electron chi connectivity index (χ3n) is 14.5. The Morgan fingerprint density at radius 3 is 2.24 bits per heavy atom. The van der Waals surface area contributed by atoms with Crippen LogP contribution >= 0.6 is 0 Å². The van der Waals surface area contributed by atoms with Crippen LogP contribution < -0.4 is 0 Å². The van der Waals surface area contributed by atoms with Gasteiger partial charge in [0.15, 0.2) is 5.78 Å². The second kappa shape index (κ2) is 24.7. The van der Waals surface area contributed by atoms with Crippen LogP contribution in [-0.2, 0) is 47.7 Å². The van der Waals surface area contributed by atoms with E-state index in [2.05, 4.69) is 0 Å².